The van der Waals surface area contributed by atoms with E-state index in [1.807, 2.05) is 0 Å². The van der Waals surface area contributed by atoms with Gasteiger partial charge in [0.1, 0.15) is 0 Å². The fourth-order valence-corrected chi connectivity index (χ4v) is 1.89. The minimum atomic E-state index is -0.0456. The predicted molar refractivity (Wildman–Crippen MR) is 73.7 cm³/mol. The van der Waals surface area contributed by atoms with Gasteiger partial charge in [0.2, 0.25) is 17.8 Å². The van der Waals surface area contributed by atoms with E-state index >= 15 is 0 Å². The van der Waals surface area contributed by atoms with E-state index in [1.54, 1.807) is 0 Å². The van der Waals surface area contributed by atoms with Crippen LogP contribution in [-0.2, 0) is 0 Å². The van der Waals surface area contributed by atoms with E-state index in [1.165, 1.54) is 12.8 Å². The number of rotatable bonds is 4. The fraction of sp³-hybridized carbons (Fsp3) is 0.750. The first-order chi connectivity index (χ1) is 8.50. The number of anilines is 3. The molecule has 3 N–H and O–H groups in total. The lowest BCUT2D eigenvalue weighted by molar-refractivity contribution is 0.541. The highest BCUT2D eigenvalue weighted by atomic mass is 15.3. The van der Waals surface area contributed by atoms with Crippen LogP contribution in [0.3, 0.4) is 0 Å². The lowest BCUT2D eigenvalue weighted by atomic mass is 10.0. The second-order valence-electron chi connectivity index (χ2n) is 5.37. The number of hydrogen-bond donors (Lipinski definition) is 2. The summed E-state index contributed by atoms with van der Waals surface area (Å²) in [6.07, 6.45) is 3.36. The Hall–Kier alpha value is -1.59. The van der Waals surface area contributed by atoms with Crippen LogP contribution in [-0.4, -0.2) is 33.6 Å². The Morgan fingerprint density at radius 3 is 2.50 bits per heavy atom. The average Bonchev–Trinajstić information content (AvgIpc) is 2.81. The van der Waals surface area contributed by atoms with Gasteiger partial charge in [-0.1, -0.05) is 6.92 Å². The number of aromatic nitrogens is 3. The monoisotopic (exact) mass is 250 g/mol. The lowest BCUT2D eigenvalue weighted by Gasteiger charge is -2.25. The van der Waals surface area contributed by atoms with E-state index in [0.29, 0.717) is 11.9 Å². The van der Waals surface area contributed by atoms with Crippen molar-refractivity contribution in [2.45, 2.75) is 45.6 Å². The topological polar surface area (TPSA) is 80.0 Å². The molecule has 100 valence electrons. The maximum atomic E-state index is 5.76. The van der Waals surface area contributed by atoms with Crippen LogP contribution in [0.5, 0.6) is 0 Å². The number of nitrogens with zero attached hydrogens (tertiary/aromatic N) is 4. The van der Waals surface area contributed by atoms with Crippen molar-refractivity contribution in [1.29, 1.82) is 0 Å². The maximum absolute atomic E-state index is 5.76. The summed E-state index contributed by atoms with van der Waals surface area (Å²) >= 11 is 0. The lowest BCUT2D eigenvalue weighted by Crippen LogP contribution is -2.31. The molecule has 0 bridgehead atoms. The third-order valence-corrected chi connectivity index (χ3v) is 3.36. The molecule has 18 heavy (non-hydrogen) atoms. The zero-order valence-corrected chi connectivity index (χ0v) is 11.4. The van der Waals surface area contributed by atoms with Gasteiger partial charge in [-0.05, 0) is 33.1 Å². The van der Waals surface area contributed by atoms with Crippen molar-refractivity contribution < 1.29 is 0 Å². The minimum absolute atomic E-state index is 0.0456. The van der Waals surface area contributed by atoms with E-state index in [4.69, 9.17) is 5.73 Å². The highest BCUT2D eigenvalue weighted by molar-refractivity contribution is 5.43. The van der Waals surface area contributed by atoms with Crippen molar-refractivity contribution in [3.05, 3.63) is 0 Å². The molecule has 1 aliphatic heterocycles. The van der Waals surface area contributed by atoms with Crippen LogP contribution in [0, 0.1) is 0 Å². The van der Waals surface area contributed by atoms with Crippen LogP contribution in [0.25, 0.3) is 0 Å². The Kier molecular flexibility index (Phi) is 3.54. The summed E-state index contributed by atoms with van der Waals surface area (Å²) in [4.78, 5) is 15.0. The van der Waals surface area contributed by atoms with E-state index in [0.717, 1.165) is 19.5 Å². The van der Waals surface area contributed by atoms with Gasteiger partial charge >= 0.3 is 0 Å². The van der Waals surface area contributed by atoms with E-state index in [2.05, 4.69) is 45.9 Å². The minimum Gasteiger partial charge on any atom is -0.368 e. The smallest absolute Gasteiger partial charge is 0.231 e. The van der Waals surface area contributed by atoms with Gasteiger partial charge in [0.05, 0.1) is 0 Å². The molecule has 2 heterocycles. The zero-order chi connectivity index (χ0) is 13.2. The summed E-state index contributed by atoms with van der Waals surface area (Å²) in [5, 5.41) is 3.30. The van der Waals surface area contributed by atoms with Gasteiger partial charge in [0.15, 0.2) is 0 Å². The Morgan fingerprint density at radius 2 is 1.89 bits per heavy atom. The Balaban J connectivity index is 2.20. The van der Waals surface area contributed by atoms with Crippen molar-refractivity contribution >= 4 is 17.8 Å². The second-order valence-corrected chi connectivity index (χ2v) is 5.37. The second kappa shape index (κ2) is 4.96. The highest BCUT2D eigenvalue weighted by Crippen LogP contribution is 2.20. The molecule has 0 aliphatic carbocycles. The predicted octanol–water partition coefficient (Wildman–Crippen LogP) is 1.65. The Morgan fingerprint density at radius 1 is 1.22 bits per heavy atom. The molecule has 1 aromatic heterocycles. The third kappa shape index (κ3) is 3.00. The summed E-state index contributed by atoms with van der Waals surface area (Å²) in [7, 11) is 0. The van der Waals surface area contributed by atoms with Gasteiger partial charge < -0.3 is 16.0 Å². The van der Waals surface area contributed by atoms with E-state index < -0.39 is 0 Å². The molecule has 6 heteroatoms. The van der Waals surface area contributed by atoms with Crippen molar-refractivity contribution in [1.82, 2.24) is 15.0 Å². The summed E-state index contributed by atoms with van der Waals surface area (Å²) in [5.41, 5.74) is 5.71. The summed E-state index contributed by atoms with van der Waals surface area (Å²) < 4.78 is 0. The molecule has 0 radical (unpaired) electrons. The van der Waals surface area contributed by atoms with Gasteiger partial charge in [-0.3, -0.25) is 0 Å². The van der Waals surface area contributed by atoms with Crippen molar-refractivity contribution in [3.8, 4) is 0 Å². The molecule has 1 saturated heterocycles. The normalized spacial score (nSPS) is 16.1. The molecule has 1 aliphatic rings. The molecule has 0 saturated carbocycles. The first kappa shape index (κ1) is 12.9. The number of nitrogens with one attached hydrogen (secondary N) is 1. The van der Waals surface area contributed by atoms with Gasteiger partial charge in [0, 0.05) is 18.6 Å². The van der Waals surface area contributed by atoms with Gasteiger partial charge in [-0.25, -0.2) is 0 Å². The summed E-state index contributed by atoms with van der Waals surface area (Å²) in [6.45, 7) is 8.35. The fourth-order valence-electron chi connectivity index (χ4n) is 1.89. The molecule has 0 amide bonds. The van der Waals surface area contributed by atoms with Crippen molar-refractivity contribution in [3.63, 3.8) is 0 Å². The van der Waals surface area contributed by atoms with E-state index in [-0.39, 0.29) is 11.5 Å². The third-order valence-electron chi connectivity index (χ3n) is 3.36. The largest absolute Gasteiger partial charge is 0.368 e. The van der Waals surface area contributed by atoms with Crippen LogP contribution in [0.2, 0.25) is 0 Å². The highest BCUT2D eigenvalue weighted by Gasteiger charge is 2.20. The van der Waals surface area contributed by atoms with Gasteiger partial charge in [-0.2, -0.15) is 15.0 Å². The maximum Gasteiger partial charge on any atom is 0.231 e. The van der Waals surface area contributed by atoms with Gasteiger partial charge in [-0.15, -0.1) is 0 Å². The summed E-state index contributed by atoms with van der Waals surface area (Å²) in [6, 6.07) is 0. The quantitative estimate of drug-likeness (QED) is 0.846. The van der Waals surface area contributed by atoms with Gasteiger partial charge in [0.25, 0.3) is 0 Å². The molecule has 0 spiro atoms. The molecule has 1 aromatic rings. The molecule has 0 atom stereocenters. The molecule has 1 fully saturated rings. The molecule has 2 rings (SSSR count). The standard InChI is InChI=1S/C12H22N6/c1-4-12(2,3)17-10-14-9(13)15-11(16-10)18-7-5-6-8-18/h4-8H2,1-3H3,(H3,13,14,15,16,17). The van der Waals surface area contributed by atoms with Crippen LogP contribution >= 0.6 is 0 Å². The average molecular weight is 250 g/mol. The van der Waals surface area contributed by atoms with E-state index in [9.17, 15) is 0 Å². The number of nitrogen functional groups attached to an aromatic ring is 1. The van der Waals surface area contributed by atoms with Crippen LogP contribution < -0.4 is 16.0 Å². The first-order valence-electron chi connectivity index (χ1n) is 6.55. The Bertz CT molecular complexity index is 411. The van der Waals surface area contributed by atoms with Crippen molar-refractivity contribution in [2.24, 2.45) is 0 Å². The zero-order valence-electron chi connectivity index (χ0n) is 11.4. The molecule has 6 nitrogen and oxygen atoms in total. The Labute approximate surface area is 108 Å². The first-order valence-corrected chi connectivity index (χ1v) is 6.55. The SMILES string of the molecule is CCC(C)(C)Nc1nc(N)nc(N2CCCC2)n1. The van der Waals surface area contributed by atoms with Crippen LogP contribution in [0.4, 0.5) is 17.8 Å². The summed E-state index contributed by atoms with van der Waals surface area (Å²) in [5.74, 6) is 1.53. The van der Waals surface area contributed by atoms with Crippen molar-refractivity contribution in [2.75, 3.05) is 29.0 Å². The molecule has 0 aromatic carbocycles. The molecular weight excluding hydrogens is 228 g/mol. The number of hydrogen-bond acceptors (Lipinski definition) is 6. The van der Waals surface area contributed by atoms with Crippen LogP contribution in [0.1, 0.15) is 40.0 Å². The number of nitrogens with two attached hydrogens (primary N) is 1. The molecular formula is C12H22N6. The van der Waals surface area contributed by atoms with Crippen LogP contribution in [0.15, 0.2) is 0 Å². The molecule has 0 unspecified atom stereocenters.